The van der Waals surface area contributed by atoms with E-state index in [1.165, 1.54) is 67.0 Å². The molecule has 4 fully saturated rings. The maximum Gasteiger partial charge on any atom is 0.337 e. The highest BCUT2D eigenvalue weighted by Gasteiger charge is 2.71. The third kappa shape index (κ3) is 3.82. The van der Waals surface area contributed by atoms with Crippen molar-refractivity contribution in [3.8, 4) is 17.0 Å². The van der Waals surface area contributed by atoms with Crippen LogP contribution in [-0.4, -0.2) is 72.7 Å². The van der Waals surface area contributed by atoms with Gasteiger partial charge in [0.15, 0.2) is 0 Å². The van der Waals surface area contributed by atoms with Crippen molar-refractivity contribution in [2.45, 2.75) is 82.3 Å². The lowest BCUT2D eigenvalue weighted by Gasteiger charge is -2.41. The van der Waals surface area contributed by atoms with E-state index in [2.05, 4.69) is 52.6 Å². The zero-order chi connectivity index (χ0) is 29.6. The molecule has 0 radical (unpaired) electrons. The number of fused-ring (bicyclic) bond motifs is 9. The maximum atomic E-state index is 15.1. The number of aromatic nitrogens is 1. The van der Waals surface area contributed by atoms with E-state index in [-0.39, 0.29) is 29.9 Å². The summed E-state index contributed by atoms with van der Waals surface area (Å²) < 4.78 is 13.4. The third-order valence-corrected chi connectivity index (χ3v) is 11.9. The summed E-state index contributed by atoms with van der Waals surface area (Å²) in [5.41, 5.74) is 6.19. The van der Waals surface area contributed by atoms with Gasteiger partial charge in [-0.3, -0.25) is 4.79 Å². The van der Waals surface area contributed by atoms with Crippen molar-refractivity contribution in [2.75, 3.05) is 34.4 Å². The van der Waals surface area contributed by atoms with Gasteiger partial charge in [0.2, 0.25) is 5.91 Å². The predicted octanol–water partition coefficient (Wildman–Crippen LogP) is 6.19. The quantitative estimate of drug-likeness (QED) is 0.344. The van der Waals surface area contributed by atoms with Gasteiger partial charge in [-0.2, -0.15) is 0 Å². The van der Waals surface area contributed by atoms with Crippen LogP contribution in [0.5, 0.6) is 5.75 Å². The highest BCUT2D eigenvalue weighted by Crippen LogP contribution is 2.70. The summed E-state index contributed by atoms with van der Waals surface area (Å²) in [5, 5.41) is 1.21. The van der Waals surface area contributed by atoms with Gasteiger partial charge >= 0.3 is 5.97 Å². The topological polar surface area (TPSA) is 64.0 Å². The van der Waals surface area contributed by atoms with Crippen LogP contribution in [0.3, 0.4) is 0 Å². The molecule has 5 atom stereocenters. The van der Waals surface area contributed by atoms with Crippen LogP contribution < -0.4 is 4.74 Å². The molecule has 5 aliphatic rings. The predicted molar refractivity (Wildman–Crippen MR) is 167 cm³/mol. The molecule has 2 saturated carbocycles. The number of ether oxygens (including phenoxy) is 2. The molecule has 2 bridgehead atoms. The van der Waals surface area contributed by atoms with Crippen molar-refractivity contribution in [2.24, 2.45) is 11.3 Å². The van der Waals surface area contributed by atoms with Crippen molar-refractivity contribution in [3.63, 3.8) is 0 Å². The summed E-state index contributed by atoms with van der Waals surface area (Å²) in [6.45, 7) is 4.81. The Morgan fingerprint density at radius 3 is 2.37 bits per heavy atom. The summed E-state index contributed by atoms with van der Waals surface area (Å²) >= 11 is 0. The third-order valence-electron chi connectivity index (χ3n) is 11.9. The lowest BCUT2D eigenvalue weighted by Crippen LogP contribution is -2.57. The number of rotatable bonds is 4. The van der Waals surface area contributed by atoms with Crippen LogP contribution in [0.4, 0.5) is 0 Å². The summed E-state index contributed by atoms with van der Waals surface area (Å²) in [6.07, 6.45) is 8.28. The first-order valence-electron chi connectivity index (χ1n) is 16.3. The van der Waals surface area contributed by atoms with Gasteiger partial charge in [0.25, 0.3) is 0 Å². The second-order valence-corrected chi connectivity index (χ2v) is 14.0. The summed E-state index contributed by atoms with van der Waals surface area (Å²) in [5.74, 6) is 1.64. The van der Waals surface area contributed by atoms with Gasteiger partial charge in [-0.05, 0) is 86.0 Å². The van der Waals surface area contributed by atoms with E-state index >= 15 is 4.79 Å². The van der Waals surface area contributed by atoms with Crippen LogP contribution in [0.1, 0.15) is 85.2 Å². The standard InChI is InChI=1S/C36H43N3O4/c1-21-32-29-17-26(42-3)13-15-27(29)33-31(22-8-6-5-7-9-22)28-14-10-23(34(40)43-4)16-30(28)38(33)20-36(21,32)35(41)39-24-11-12-25(39)19-37(2)18-24/h10,13-17,21-22,24-25,32H,5-9,11-12,18-20H2,1-4H3/t21-,24?,25?,32?,36?/m0/s1. The number of amides is 1. The van der Waals surface area contributed by atoms with Crippen LogP contribution in [0.2, 0.25) is 0 Å². The van der Waals surface area contributed by atoms with Gasteiger partial charge in [-0.1, -0.05) is 32.3 Å². The number of piperazine rings is 1. The Bertz CT molecular complexity index is 1620. The van der Waals surface area contributed by atoms with Crippen molar-refractivity contribution in [3.05, 3.63) is 53.1 Å². The van der Waals surface area contributed by atoms with Crippen molar-refractivity contribution in [1.29, 1.82) is 0 Å². The van der Waals surface area contributed by atoms with E-state index in [4.69, 9.17) is 9.47 Å². The molecule has 0 spiro atoms. The Balaban J connectivity index is 1.37. The molecular formula is C36H43N3O4. The van der Waals surface area contributed by atoms with Crippen LogP contribution in [-0.2, 0) is 16.1 Å². The molecule has 3 aromatic rings. The number of likely N-dealkylation sites (N-methyl/N-ethyl adjacent to an activating group) is 1. The van der Waals surface area contributed by atoms with Gasteiger partial charge < -0.3 is 23.8 Å². The van der Waals surface area contributed by atoms with Gasteiger partial charge in [0.1, 0.15) is 5.75 Å². The van der Waals surface area contributed by atoms with E-state index in [1.54, 1.807) is 7.11 Å². The van der Waals surface area contributed by atoms with E-state index in [9.17, 15) is 4.79 Å². The molecule has 3 aliphatic heterocycles. The Hall–Kier alpha value is -3.32. The maximum absolute atomic E-state index is 15.1. The van der Waals surface area contributed by atoms with Crippen molar-refractivity contribution < 1.29 is 19.1 Å². The monoisotopic (exact) mass is 581 g/mol. The summed E-state index contributed by atoms with van der Waals surface area (Å²) in [7, 11) is 5.36. The number of nitrogens with zero attached hydrogens (tertiary/aromatic N) is 3. The van der Waals surface area contributed by atoms with Crippen LogP contribution >= 0.6 is 0 Å². The fourth-order valence-electron chi connectivity index (χ4n) is 9.78. The molecule has 7 heteroatoms. The number of likely N-dealkylation sites (tertiary alicyclic amines) is 1. The molecule has 0 N–H and O–H groups in total. The molecule has 8 rings (SSSR count). The van der Waals surface area contributed by atoms with Gasteiger partial charge in [-0.15, -0.1) is 0 Å². The zero-order valence-electron chi connectivity index (χ0n) is 25.9. The lowest BCUT2D eigenvalue weighted by molar-refractivity contribution is -0.144. The van der Waals surface area contributed by atoms with Gasteiger partial charge in [0.05, 0.1) is 30.9 Å². The fraction of sp³-hybridized carbons (Fsp3) is 0.556. The largest absolute Gasteiger partial charge is 0.497 e. The Morgan fingerprint density at radius 1 is 0.930 bits per heavy atom. The zero-order valence-corrected chi connectivity index (χ0v) is 25.9. The smallest absolute Gasteiger partial charge is 0.337 e. The highest BCUT2D eigenvalue weighted by atomic mass is 16.5. The molecule has 43 heavy (non-hydrogen) atoms. The van der Waals surface area contributed by atoms with Crippen molar-refractivity contribution >= 4 is 22.8 Å². The first-order chi connectivity index (χ1) is 20.9. The van der Waals surface area contributed by atoms with Gasteiger partial charge in [-0.25, -0.2) is 4.79 Å². The van der Waals surface area contributed by atoms with Gasteiger partial charge in [0, 0.05) is 54.1 Å². The van der Waals surface area contributed by atoms with E-state index in [0.29, 0.717) is 23.9 Å². The molecule has 7 nitrogen and oxygen atoms in total. The number of benzene rings is 2. The second kappa shape index (κ2) is 9.85. The normalized spacial score (nSPS) is 29.9. The average Bonchev–Trinajstić information content (AvgIpc) is 3.40. The summed E-state index contributed by atoms with van der Waals surface area (Å²) in [4.78, 5) is 32.5. The molecule has 1 aromatic heterocycles. The number of hydrogen-bond acceptors (Lipinski definition) is 5. The molecular weight excluding hydrogens is 538 g/mol. The minimum absolute atomic E-state index is 0.127. The van der Waals surface area contributed by atoms with Crippen LogP contribution in [0.15, 0.2) is 36.4 Å². The molecule has 4 heterocycles. The molecule has 2 aromatic carbocycles. The first kappa shape index (κ1) is 27.2. The number of hydrogen-bond donors (Lipinski definition) is 0. The molecule has 2 aliphatic carbocycles. The Kier molecular flexibility index (Phi) is 6.24. The summed E-state index contributed by atoms with van der Waals surface area (Å²) in [6, 6.07) is 13.2. The molecule has 2 saturated heterocycles. The first-order valence-corrected chi connectivity index (χ1v) is 16.3. The second-order valence-electron chi connectivity index (χ2n) is 14.0. The minimum Gasteiger partial charge on any atom is -0.497 e. The number of carbonyl (C=O) groups excluding carboxylic acids is 2. The lowest BCUT2D eigenvalue weighted by atomic mass is 9.81. The fourth-order valence-corrected chi connectivity index (χ4v) is 9.78. The average molecular weight is 582 g/mol. The van der Waals surface area contributed by atoms with E-state index < -0.39 is 5.41 Å². The highest BCUT2D eigenvalue weighted by molar-refractivity contribution is 6.00. The number of carbonyl (C=O) groups is 2. The van der Waals surface area contributed by atoms with E-state index in [0.717, 1.165) is 37.2 Å². The van der Waals surface area contributed by atoms with Crippen LogP contribution in [0, 0.1) is 11.3 Å². The molecule has 4 unspecified atom stereocenters. The SMILES string of the molecule is COC(=O)c1ccc2c(C3CCCCC3)c3n(c2c1)CC1(C(=O)N2C4CCC2CN(C)C4)C(c2cc(OC)ccc2-3)[C@@H]1C. The minimum atomic E-state index is -0.528. The van der Waals surface area contributed by atoms with E-state index in [1.807, 2.05) is 12.1 Å². The van der Waals surface area contributed by atoms with Crippen LogP contribution in [0.25, 0.3) is 22.2 Å². The molecule has 1 amide bonds. The number of esters is 1. The Morgan fingerprint density at radius 2 is 1.67 bits per heavy atom. The Labute approximate surface area is 254 Å². The number of methoxy groups -OCH3 is 2. The molecule has 226 valence electrons. The van der Waals surface area contributed by atoms with Crippen molar-refractivity contribution in [1.82, 2.24) is 14.4 Å².